The number of amides is 1. The number of ether oxygens (including phenoxy) is 2. The minimum absolute atomic E-state index is 0.0625. The number of hydrogen-bond acceptors (Lipinski definition) is 7. The third-order valence-electron chi connectivity index (χ3n) is 5.83. The van der Waals surface area contributed by atoms with E-state index in [0.717, 1.165) is 54.4 Å². The fourth-order valence-electron chi connectivity index (χ4n) is 4.16. The van der Waals surface area contributed by atoms with Crippen LogP contribution in [0, 0.1) is 12.8 Å². The van der Waals surface area contributed by atoms with Gasteiger partial charge in [-0.05, 0) is 43.9 Å². The van der Waals surface area contributed by atoms with Crippen LogP contribution in [0.1, 0.15) is 24.1 Å². The first-order valence-corrected chi connectivity index (χ1v) is 10.9. The molecule has 166 valence electrons. The molecule has 9 heteroatoms. The van der Waals surface area contributed by atoms with Gasteiger partial charge in [-0.25, -0.2) is 9.97 Å². The van der Waals surface area contributed by atoms with Crippen molar-refractivity contribution in [3.05, 3.63) is 54.2 Å². The van der Waals surface area contributed by atoms with Gasteiger partial charge in [-0.1, -0.05) is 6.07 Å². The van der Waals surface area contributed by atoms with E-state index in [1.165, 1.54) is 0 Å². The van der Waals surface area contributed by atoms with Crippen molar-refractivity contribution in [1.29, 1.82) is 0 Å². The highest BCUT2D eigenvalue weighted by atomic mass is 16.7. The number of aromatic nitrogens is 4. The second-order valence-electron chi connectivity index (χ2n) is 8.15. The second kappa shape index (κ2) is 8.86. The van der Waals surface area contributed by atoms with Gasteiger partial charge in [0, 0.05) is 43.8 Å². The molecule has 32 heavy (non-hydrogen) atoms. The maximum Gasteiger partial charge on any atom is 0.237 e. The van der Waals surface area contributed by atoms with Gasteiger partial charge >= 0.3 is 0 Å². The van der Waals surface area contributed by atoms with Gasteiger partial charge in [0.1, 0.15) is 12.1 Å². The van der Waals surface area contributed by atoms with Crippen LogP contribution in [0.3, 0.4) is 0 Å². The van der Waals surface area contributed by atoms with Gasteiger partial charge < -0.3 is 19.7 Å². The Hall–Kier alpha value is -3.62. The Balaban J connectivity index is 1.19. The molecule has 9 nitrogen and oxygen atoms in total. The number of fused-ring (bicyclic) bond motifs is 1. The van der Waals surface area contributed by atoms with Crippen molar-refractivity contribution in [2.75, 3.05) is 31.3 Å². The lowest BCUT2D eigenvalue weighted by molar-refractivity contribution is -0.125. The Bertz CT molecular complexity index is 1100. The summed E-state index contributed by atoms with van der Waals surface area (Å²) >= 11 is 0. The number of aryl methyl sites for hydroxylation is 1. The van der Waals surface area contributed by atoms with Gasteiger partial charge in [-0.2, -0.15) is 4.98 Å². The summed E-state index contributed by atoms with van der Waals surface area (Å²) in [6.45, 7) is 4.34. The summed E-state index contributed by atoms with van der Waals surface area (Å²) in [7, 11) is 0. The molecule has 0 aliphatic carbocycles. The zero-order chi connectivity index (χ0) is 21.9. The molecule has 0 radical (unpaired) electrons. The maximum atomic E-state index is 12.8. The Morgan fingerprint density at radius 1 is 1.22 bits per heavy atom. The molecule has 1 amide bonds. The fraction of sp³-hybridized carbons (Fsp3) is 0.391. The number of piperidine rings is 1. The van der Waals surface area contributed by atoms with E-state index in [0.29, 0.717) is 19.0 Å². The summed E-state index contributed by atoms with van der Waals surface area (Å²) in [5.41, 5.74) is 2.00. The lowest BCUT2D eigenvalue weighted by Crippen LogP contribution is -2.44. The fourth-order valence-corrected chi connectivity index (χ4v) is 4.16. The molecular weight excluding hydrogens is 408 g/mol. The highest BCUT2D eigenvalue weighted by Crippen LogP contribution is 2.32. The minimum atomic E-state index is -0.0625. The zero-order valence-electron chi connectivity index (χ0n) is 18.0. The number of imidazole rings is 1. The standard InChI is InChI=1S/C23H26N6O3/c1-16-11-21(27-23(26-16)29-10-8-24-14-29)28-9-2-3-18(13-28)22(30)25-7-6-17-4-5-19-20(12-17)32-15-31-19/h4-5,8,10-12,14,18H,2-3,6-7,9,13,15H2,1H3,(H,25,30). The number of carbonyl (C=O) groups is 1. The Morgan fingerprint density at radius 2 is 2.12 bits per heavy atom. The number of carbonyl (C=O) groups excluding carboxylic acids is 1. The van der Waals surface area contributed by atoms with Crippen molar-refractivity contribution in [2.24, 2.45) is 5.92 Å². The van der Waals surface area contributed by atoms with E-state index in [9.17, 15) is 4.79 Å². The molecule has 0 spiro atoms. The highest BCUT2D eigenvalue weighted by molar-refractivity contribution is 5.79. The number of benzene rings is 1. The molecule has 0 bridgehead atoms. The number of hydrogen-bond donors (Lipinski definition) is 1. The topological polar surface area (TPSA) is 94.4 Å². The van der Waals surface area contributed by atoms with Crippen molar-refractivity contribution in [2.45, 2.75) is 26.2 Å². The van der Waals surface area contributed by atoms with E-state index < -0.39 is 0 Å². The lowest BCUT2D eigenvalue weighted by atomic mass is 9.97. The highest BCUT2D eigenvalue weighted by Gasteiger charge is 2.27. The molecule has 1 fully saturated rings. The molecule has 1 aromatic carbocycles. The van der Waals surface area contributed by atoms with Crippen LogP contribution in [-0.2, 0) is 11.2 Å². The zero-order valence-corrected chi connectivity index (χ0v) is 18.0. The van der Waals surface area contributed by atoms with Crippen LogP contribution < -0.4 is 19.7 Å². The molecule has 1 unspecified atom stereocenters. The van der Waals surface area contributed by atoms with Gasteiger partial charge in [0.05, 0.1) is 5.92 Å². The van der Waals surface area contributed by atoms with E-state index in [2.05, 4.69) is 20.2 Å². The van der Waals surface area contributed by atoms with Crippen molar-refractivity contribution >= 4 is 11.7 Å². The molecule has 1 atom stereocenters. The minimum Gasteiger partial charge on any atom is -0.454 e. The summed E-state index contributed by atoms with van der Waals surface area (Å²) < 4.78 is 12.6. The summed E-state index contributed by atoms with van der Waals surface area (Å²) in [6, 6.07) is 7.88. The molecule has 2 aliphatic rings. The van der Waals surface area contributed by atoms with Crippen LogP contribution in [0.2, 0.25) is 0 Å². The van der Waals surface area contributed by atoms with Crippen LogP contribution in [0.25, 0.3) is 5.95 Å². The number of rotatable bonds is 6. The summed E-state index contributed by atoms with van der Waals surface area (Å²) in [4.78, 5) is 28.3. The maximum absolute atomic E-state index is 12.8. The van der Waals surface area contributed by atoms with Crippen LogP contribution >= 0.6 is 0 Å². The molecule has 0 saturated carbocycles. The predicted octanol–water partition coefficient (Wildman–Crippen LogP) is 2.27. The molecule has 1 saturated heterocycles. The van der Waals surface area contributed by atoms with Crippen LogP contribution in [-0.4, -0.2) is 51.9 Å². The molecule has 2 aliphatic heterocycles. The molecule has 4 heterocycles. The normalized spacial score (nSPS) is 17.4. The van der Waals surface area contributed by atoms with Gasteiger partial charge in [0.2, 0.25) is 18.6 Å². The smallest absolute Gasteiger partial charge is 0.237 e. The molecule has 2 aromatic heterocycles. The molecular formula is C23H26N6O3. The van der Waals surface area contributed by atoms with Gasteiger partial charge in [-0.3, -0.25) is 9.36 Å². The first-order valence-electron chi connectivity index (χ1n) is 10.9. The molecule has 3 aromatic rings. The summed E-state index contributed by atoms with van der Waals surface area (Å²) in [5, 5.41) is 3.10. The van der Waals surface area contributed by atoms with Gasteiger partial charge in [0.25, 0.3) is 0 Å². The third-order valence-corrected chi connectivity index (χ3v) is 5.83. The predicted molar refractivity (Wildman–Crippen MR) is 118 cm³/mol. The van der Waals surface area contributed by atoms with E-state index in [1.807, 2.05) is 37.4 Å². The van der Waals surface area contributed by atoms with Crippen molar-refractivity contribution in [3.63, 3.8) is 0 Å². The summed E-state index contributed by atoms with van der Waals surface area (Å²) in [6.07, 6.45) is 7.79. The van der Waals surface area contributed by atoms with Crippen LogP contribution in [0.4, 0.5) is 5.82 Å². The van der Waals surface area contributed by atoms with Crippen LogP contribution in [0.5, 0.6) is 11.5 Å². The number of anilines is 1. The van der Waals surface area contributed by atoms with Gasteiger partial charge in [-0.15, -0.1) is 0 Å². The molecule has 5 rings (SSSR count). The molecule has 1 N–H and O–H groups in total. The lowest BCUT2D eigenvalue weighted by Gasteiger charge is -2.33. The number of nitrogens with zero attached hydrogens (tertiary/aromatic N) is 5. The third kappa shape index (κ3) is 4.37. The first kappa shape index (κ1) is 20.3. The second-order valence-corrected chi connectivity index (χ2v) is 8.15. The summed E-state index contributed by atoms with van der Waals surface area (Å²) in [5.74, 6) is 3.01. The van der Waals surface area contributed by atoms with Crippen LogP contribution in [0.15, 0.2) is 43.0 Å². The van der Waals surface area contributed by atoms with E-state index in [1.54, 1.807) is 17.1 Å². The average Bonchev–Trinajstić information content (AvgIpc) is 3.51. The van der Waals surface area contributed by atoms with Gasteiger partial charge in [0.15, 0.2) is 11.5 Å². The Labute approximate surface area is 186 Å². The van der Waals surface area contributed by atoms with Crippen molar-refractivity contribution in [1.82, 2.24) is 24.8 Å². The Kier molecular flexibility index (Phi) is 5.62. The quantitative estimate of drug-likeness (QED) is 0.636. The first-order chi connectivity index (χ1) is 15.7. The average molecular weight is 435 g/mol. The van der Waals surface area contributed by atoms with Crippen molar-refractivity contribution in [3.8, 4) is 17.4 Å². The van der Waals surface area contributed by atoms with E-state index >= 15 is 0 Å². The van der Waals surface area contributed by atoms with Crippen molar-refractivity contribution < 1.29 is 14.3 Å². The monoisotopic (exact) mass is 434 g/mol. The number of nitrogens with one attached hydrogen (secondary N) is 1. The SMILES string of the molecule is Cc1cc(N2CCCC(C(=O)NCCc3ccc4c(c3)OCO4)C2)nc(-n2ccnc2)n1. The van der Waals surface area contributed by atoms with E-state index in [-0.39, 0.29) is 18.6 Å². The van der Waals surface area contributed by atoms with E-state index in [4.69, 9.17) is 14.5 Å². The Morgan fingerprint density at radius 3 is 3.00 bits per heavy atom. The largest absolute Gasteiger partial charge is 0.454 e.